The van der Waals surface area contributed by atoms with Gasteiger partial charge in [0.2, 0.25) is 0 Å². The maximum atomic E-state index is 5.72. The molecular weight excluding hydrogens is 260 g/mol. The lowest BCUT2D eigenvalue weighted by Gasteiger charge is -2.26. The lowest BCUT2D eigenvalue weighted by Crippen LogP contribution is -2.37. The predicted octanol–water partition coefficient (Wildman–Crippen LogP) is 4.56. The highest BCUT2D eigenvalue weighted by atomic mass is 16.5. The number of nitrogens with one attached hydrogen (secondary N) is 1. The largest absolute Gasteiger partial charge is 0.381 e. The summed E-state index contributed by atoms with van der Waals surface area (Å²) < 4.78 is 5.42. The van der Waals surface area contributed by atoms with Crippen molar-refractivity contribution >= 4 is 0 Å². The fourth-order valence-corrected chi connectivity index (χ4v) is 3.36. The van der Waals surface area contributed by atoms with Crippen LogP contribution in [0.25, 0.3) is 0 Å². The highest BCUT2D eigenvalue weighted by Crippen LogP contribution is 2.22. The van der Waals surface area contributed by atoms with Crippen LogP contribution in [0.1, 0.15) is 90.4 Å². The van der Waals surface area contributed by atoms with Crippen molar-refractivity contribution in [3.8, 4) is 0 Å². The van der Waals surface area contributed by atoms with Crippen molar-refractivity contribution in [1.82, 2.24) is 5.43 Å². The summed E-state index contributed by atoms with van der Waals surface area (Å²) in [5.74, 6) is 6.54. The summed E-state index contributed by atoms with van der Waals surface area (Å²) in [4.78, 5) is 0. The van der Waals surface area contributed by atoms with Gasteiger partial charge in [0.15, 0.2) is 0 Å². The Morgan fingerprint density at radius 1 is 0.952 bits per heavy atom. The van der Waals surface area contributed by atoms with Gasteiger partial charge in [-0.1, -0.05) is 64.7 Å². The third-order valence-corrected chi connectivity index (χ3v) is 4.85. The van der Waals surface area contributed by atoms with E-state index in [-0.39, 0.29) is 0 Å². The van der Waals surface area contributed by atoms with E-state index in [4.69, 9.17) is 10.6 Å². The molecule has 0 aromatic heterocycles. The highest BCUT2D eigenvalue weighted by Gasteiger charge is 2.18. The summed E-state index contributed by atoms with van der Waals surface area (Å²) >= 11 is 0. The lowest BCUT2D eigenvalue weighted by molar-refractivity contribution is 0.0601. The van der Waals surface area contributed by atoms with Crippen LogP contribution in [0.4, 0.5) is 0 Å². The van der Waals surface area contributed by atoms with E-state index in [1.807, 2.05) is 0 Å². The van der Waals surface area contributed by atoms with Crippen LogP contribution in [0.3, 0.4) is 0 Å². The molecule has 126 valence electrons. The molecule has 3 N–H and O–H groups in total. The van der Waals surface area contributed by atoms with Crippen LogP contribution in [0.5, 0.6) is 0 Å². The molecule has 0 bridgehead atoms. The first-order valence-electron chi connectivity index (χ1n) is 9.40. The molecule has 1 atom stereocenters. The number of nitrogens with two attached hydrogens (primary N) is 1. The van der Waals surface area contributed by atoms with E-state index in [2.05, 4.69) is 12.3 Å². The van der Waals surface area contributed by atoms with E-state index >= 15 is 0 Å². The van der Waals surface area contributed by atoms with E-state index in [0.29, 0.717) is 6.04 Å². The number of rotatable bonds is 13. The maximum absolute atomic E-state index is 5.72. The van der Waals surface area contributed by atoms with Crippen LogP contribution in [0, 0.1) is 5.92 Å². The smallest absolute Gasteiger partial charge is 0.0468 e. The summed E-state index contributed by atoms with van der Waals surface area (Å²) in [6.07, 6.45) is 17.5. The second-order valence-corrected chi connectivity index (χ2v) is 6.77. The van der Waals surface area contributed by atoms with Crippen molar-refractivity contribution in [3.63, 3.8) is 0 Å². The van der Waals surface area contributed by atoms with Gasteiger partial charge in [-0.15, -0.1) is 0 Å². The third-order valence-electron chi connectivity index (χ3n) is 4.85. The number of unbranched alkanes of at least 4 members (excludes halogenated alkanes) is 8. The van der Waals surface area contributed by atoms with E-state index in [9.17, 15) is 0 Å². The molecular formula is C18H38N2O. The number of hydrazine groups is 1. The van der Waals surface area contributed by atoms with Crippen LogP contribution >= 0.6 is 0 Å². The Kier molecular flexibility index (Phi) is 12.2. The van der Waals surface area contributed by atoms with Crippen molar-refractivity contribution in [2.75, 3.05) is 13.2 Å². The number of hydrogen-bond acceptors (Lipinski definition) is 3. The Hall–Kier alpha value is -0.120. The summed E-state index contributed by atoms with van der Waals surface area (Å²) in [5, 5.41) is 0. The predicted molar refractivity (Wildman–Crippen MR) is 91.1 cm³/mol. The lowest BCUT2D eigenvalue weighted by atomic mass is 9.90. The molecule has 1 saturated heterocycles. The van der Waals surface area contributed by atoms with E-state index in [1.165, 1.54) is 83.5 Å². The zero-order valence-corrected chi connectivity index (χ0v) is 14.2. The van der Waals surface area contributed by atoms with Gasteiger partial charge in [-0.2, -0.15) is 0 Å². The average Bonchev–Trinajstić information content (AvgIpc) is 2.53. The topological polar surface area (TPSA) is 47.3 Å². The summed E-state index contributed by atoms with van der Waals surface area (Å²) in [7, 11) is 0. The molecule has 1 rings (SSSR count). The normalized spacial score (nSPS) is 18.0. The standard InChI is InChI=1S/C18H38N2O/c1-2-3-4-5-6-7-8-9-10-11-18(20-19)16-17-12-14-21-15-13-17/h17-18,20H,2-16,19H2,1H3. The minimum atomic E-state index is 0.512. The summed E-state index contributed by atoms with van der Waals surface area (Å²) in [5.41, 5.74) is 3.03. The van der Waals surface area contributed by atoms with Gasteiger partial charge in [0.25, 0.3) is 0 Å². The van der Waals surface area contributed by atoms with Crippen molar-refractivity contribution in [3.05, 3.63) is 0 Å². The SMILES string of the molecule is CCCCCCCCCCCC(CC1CCOCC1)NN. The van der Waals surface area contributed by atoms with Gasteiger partial charge in [0.1, 0.15) is 0 Å². The Bertz CT molecular complexity index is 217. The minimum absolute atomic E-state index is 0.512. The van der Waals surface area contributed by atoms with Crippen LogP contribution in [0.2, 0.25) is 0 Å². The Morgan fingerprint density at radius 2 is 1.52 bits per heavy atom. The molecule has 0 aromatic carbocycles. The third kappa shape index (κ3) is 10.3. The van der Waals surface area contributed by atoms with Gasteiger partial charge < -0.3 is 4.74 Å². The molecule has 1 unspecified atom stereocenters. The van der Waals surface area contributed by atoms with Crippen molar-refractivity contribution in [2.45, 2.75) is 96.4 Å². The van der Waals surface area contributed by atoms with Gasteiger partial charge in [0.05, 0.1) is 0 Å². The molecule has 1 aliphatic rings. The Morgan fingerprint density at radius 3 is 2.10 bits per heavy atom. The molecule has 3 heteroatoms. The summed E-state index contributed by atoms with van der Waals surface area (Å²) in [6.45, 7) is 4.17. The van der Waals surface area contributed by atoms with Gasteiger partial charge in [-0.3, -0.25) is 11.3 Å². The molecule has 0 spiro atoms. The Labute approximate surface area is 132 Å². The maximum Gasteiger partial charge on any atom is 0.0468 e. The first-order chi connectivity index (χ1) is 10.4. The van der Waals surface area contributed by atoms with Crippen molar-refractivity contribution in [1.29, 1.82) is 0 Å². The second-order valence-electron chi connectivity index (χ2n) is 6.77. The van der Waals surface area contributed by atoms with Gasteiger partial charge in [-0.25, -0.2) is 0 Å². The number of ether oxygens (including phenoxy) is 1. The van der Waals surface area contributed by atoms with Crippen LogP contribution < -0.4 is 11.3 Å². The van der Waals surface area contributed by atoms with Gasteiger partial charge in [0, 0.05) is 19.3 Å². The average molecular weight is 299 g/mol. The molecule has 1 fully saturated rings. The van der Waals surface area contributed by atoms with Gasteiger partial charge >= 0.3 is 0 Å². The first-order valence-corrected chi connectivity index (χ1v) is 9.40. The Balaban J connectivity index is 1.91. The summed E-state index contributed by atoms with van der Waals surface area (Å²) in [6, 6.07) is 0.512. The zero-order valence-electron chi connectivity index (χ0n) is 14.2. The highest BCUT2D eigenvalue weighted by molar-refractivity contribution is 4.72. The monoisotopic (exact) mass is 298 g/mol. The molecule has 0 amide bonds. The molecule has 3 nitrogen and oxygen atoms in total. The zero-order chi connectivity index (χ0) is 15.2. The van der Waals surface area contributed by atoms with Gasteiger partial charge in [-0.05, 0) is 31.6 Å². The van der Waals surface area contributed by atoms with E-state index in [1.54, 1.807) is 0 Å². The first kappa shape index (κ1) is 18.9. The molecule has 21 heavy (non-hydrogen) atoms. The molecule has 0 saturated carbocycles. The van der Waals surface area contributed by atoms with Crippen molar-refractivity contribution in [2.24, 2.45) is 11.8 Å². The molecule has 0 aromatic rings. The molecule has 1 heterocycles. The fraction of sp³-hybridized carbons (Fsp3) is 1.00. The van der Waals surface area contributed by atoms with Crippen molar-refractivity contribution < 1.29 is 4.74 Å². The number of hydrogen-bond donors (Lipinski definition) is 2. The van der Waals surface area contributed by atoms with Crippen LogP contribution in [-0.2, 0) is 4.74 Å². The second kappa shape index (κ2) is 13.5. The molecule has 0 radical (unpaired) electrons. The van der Waals surface area contributed by atoms with Crippen LogP contribution in [0.15, 0.2) is 0 Å². The molecule has 1 aliphatic heterocycles. The molecule has 0 aliphatic carbocycles. The fourth-order valence-electron chi connectivity index (χ4n) is 3.36. The minimum Gasteiger partial charge on any atom is -0.381 e. The van der Waals surface area contributed by atoms with Crippen LogP contribution in [-0.4, -0.2) is 19.3 Å². The quantitative estimate of drug-likeness (QED) is 0.298. The van der Waals surface area contributed by atoms with E-state index < -0.39 is 0 Å². The van der Waals surface area contributed by atoms with E-state index in [0.717, 1.165) is 19.1 Å².